The van der Waals surface area contributed by atoms with Crippen LogP contribution >= 0.6 is 0 Å². The van der Waals surface area contributed by atoms with E-state index in [0.717, 1.165) is 27.1 Å². The van der Waals surface area contributed by atoms with Gasteiger partial charge in [-0.2, -0.15) is 0 Å². The first-order valence-corrected chi connectivity index (χ1v) is 27.3. The molecule has 0 radical (unpaired) electrons. The summed E-state index contributed by atoms with van der Waals surface area (Å²) in [7, 11) is 0. The molecule has 0 spiro atoms. The highest BCUT2D eigenvalue weighted by molar-refractivity contribution is 6.03. The van der Waals surface area contributed by atoms with Gasteiger partial charge in [0.1, 0.15) is 18.1 Å². The fraction of sp³-hybridized carbons (Fsp3) is 0.564. The van der Waals surface area contributed by atoms with Gasteiger partial charge in [0, 0.05) is 84.2 Å². The Bertz CT molecular complexity index is 2540. The van der Waals surface area contributed by atoms with Gasteiger partial charge in [-0.3, -0.25) is 53.2 Å². The molecule has 1 saturated heterocycles. The highest BCUT2D eigenvalue weighted by Crippen LogP contribution is 2.31. The number of aliphatic carboxylic acids is 6. The Balaban J connectivity index is 1.16. The van der Waals surface area contributed by atoms with E-state index in [1.807, 2.05) is 53.4 Å². The van der Waals surface area contributed by atoms with E-state index in [0.29, 0.717) is 64.6 Å². The quantitative estimate of drug-likeness (QED) is 0.0347. The molecule has 25 nitrogen and oxygen atoms in total. The molecule has 3 atom stereocenters. The average molecular weight is 1120 g/mol. The molecule has 1 saturated carbocycles. The molecule has 0 unspecified atom stereocenters. The third-order valence-corrected chi connectivity index (χ3v) is 14.7. The van der Waals surface area contributed by atoms with E-state index >= 15 is 0 Å². The minimum Gasteiger partial charge on any atom is -0.481 e. The molecule has 438 valence electrons. The number of carboxylic acid groups (broad SMARTS) is 6. The van der Waals surface area contributed by atoms with Crippen LogP contribution in [-0.4, -0.2) is 220 Å². The van der Waals surface area contributed by atoms with Crippen molar-refractivity contribution >= 4 is 81.1 Å². The summed E-state index contributed by atoms with van der Waals surface area (Å²) in [5.74, 6) is -8.30. The van der Waals surface area contributed by atoms with Crippen molar-refractivity contribution in [2.75, 3.05) is 91.6 Å². The predicted molar refractivity (Wildman–Crippen MR) is 292 cm³/mol. The van der Waals surface area contributed by atoms with Gasteiger partial charge in [0.25, 0.3) is 0 Å². The maximum atomic E-state index is 14.2. The number of urea groups is 1. The fourth-order valence-corrected chi connectivity index (χ4v) is 10.3. The van der Waals surface area contributed by atoms with Gasteiger partial charge in [-0.05, 0) is 90.5 Å². The molecule has 1 aliphatic heterocycles. The lowest BCUT2D eigenvalue weighted by Crippen LogP contribution is -2.51. The summed E-state index contributed by atoms with van der Waals surface area (Å²) in [6.07, 6.45) is 3.16. The molecule has 0 aromatic heterocycles. The highest BCUT2D eigenvalue weighted by Gasteiger charge is 2.31. The van der Waals surface area contributed by atoms with E-state index in [4.69, 9.17) is 5.11 Å². The van der Waals surface area contributed by atoms with E-state index in [2.05, 4.69) is 32.7 Å². The summed E-state index contributed by atoms with van der Waals surface area (Å²) in [5.41, 5.74) is 0.886. The Morgan fingerprint density at radius 3 is 1.43 bits per heavy atom. The van der Waals surface area contributed by atoms with Crippen LogP contribution in [0.4, 0.5) is 4.79 Å². The highest BCUT2D eigenvalue weighted by atomic mass is 16.4. The summed E-state index contributed by atoms with van der Waals surface area (Å²) in [6, 6.07) is 13.0. The number of carbonyl (C=O) groups is 10. The van der Waals surface area contributed by atoms with Crippen LogP contribution < -0.4 is 26.6 Å². The lowest BCUT2D eigenvalue weighted by atomic mass is 9.81. The van der Waals surface area contributed by atoms with Crippen LogP contribution in [0, 0.1) is 11.8 Å². The number of hydrogen-bond donors (Lipinski definition) is 11. The van der Waals surface area contributed by atoms with Gasteiger partial charge in [0.15, 0.2) is 0 Å². The molecular formula is C55H77N9O16. The van der Waals surface area contributed by atoms with Crippen LogP contribution in [0.3, 0.4) is 0 Å². The van der Waals surface area contributed by atoms with Crippen molar-refractivity contribution in [3.63, 3.8) is 0 Å². The number of unbranched alkanes of at least 4 members (excludes halogenated alkanes) is 2. The standard InChI is InChI=1S/C55H77N9O16/c65-46(32-61-21-23-62(33-48(68)69)25-27-64(35-50(72)73)28-26-63(24-22-61)34-49(70)71)57-31-36-16-18-37(19-17-36)51(74)58-45(30-42-40-11-5-3-9-38(40)29-39-10-4-6-12-41(39)42)52(75)56-20-7-1-2-13-43(53(76)77)59-55(80)60-44(54(78)79)14-8-15-47(66)67/h3-6,9-12,29,36-37,43-45H,1-2,7-8,13-28,30-35H2,(H,56,75)(H,57,65)(H,58,74)(H,66,67)(H,68,69)(H,70,71)(H,72,73)(H,76,77)(H,78,79)(H2,59,60,80)/t36-,37-,43-,44-,45-/m0/s1. The number of rotatable bonds is 29. The van der Waals surface area contributed by atoms with E-state index in [9.17, 15) is 73.5 Å². The Labute approximate surface area is 463 Å². The monoisotopic (exact) mass is 1120 g/mol. The first-order valence-electron chi connectivity index (χ1n) is 27.3. The second kappa shape index (κ2) is 32.6. The Morgan fingerprint density at radius 1 is 0.500 bits per heavy atom. The van der Waals surface area contributed by atoms with Crippen LogP contribution in [-0.2, 0) is 49.6 Å². The molecule has 1 aliphatic carbocycles. The molecule has 2 fully saturated rings. The van der Waals surface area contributed by atoms with Crippen LogP contribution in [0.25, 0.3) is 21.5 Å². The normalized spacial score (nSPS) is 18.3. The molecule has 25 heteroatoms. The summed E-state index contributed by atoms with van der Waals surface area (Å²) < 4.78 is 0. The Morgan fingerprint density at radius 2 is 0.963 bits per heavy atom. The largest absolute Gasteiger partial charge is 0.481 e. The zero-order chi connectivity index (χ0) is 58.1. The van der Waals surface area contributed by atoms with Gasteiger partial charge >= 0.3 is 41.8 Å². The summed E-state index contributed by atoms with van der Waals surface area (Å²) >= 11 is 0. The van der Waals surface area contributed by atoms with Gasteiger partial charge in [-0.15, -0.1) is 0 Å². The van der Waals surface area contributed by atoms with Gasteiger partial charge in [-0.1, -0.05) is 61.4 Å². The van der Waals surface area contributed by atoms with E-state index in [1.54, 1.807) is 14.7 Å². The van der Waals surface area contributed by atoms with E-state index < -0.39 is 71.8 Å². The molecule has 80 heavy (non-hydrogen) atoms. The zero-order valence-electron chi connectivity index (χ0n) is 45.0. The minimum absolute atomic E-state index is 0.000688. The lowest BCUT2D eigenvalue weighted by molar-refractivity contribution is -0.141. The molecule has 3 aromatic carbocycles. The number of nitrogens with one attached hydrogen (secondary N) is 5. The van der Waals surface area contributed by atoms with Crippen LogP contribution in [0.5, 0.6) is 0 Å². The zero-order valence-corrected chi connectivity index (χ0v) is 45.0. The molecule has 1 heterocycles. The fourth-order valence-electron chi connectivity index (χ4n) is 10.3. The van der Waals surface area contributed by atoms with Crippen molar-refractivity contribution in [1.29, 1.82) is 0 Å². The van der Waals surface area contributed by atoms with Gasteiger partial charge in [0.2, 0.25) is 17.7 Å². The molecular weight excluding hydrogens is 1040 g/mol. The maximum Gasteiger partial charge on any atom is 0.326 e. The number of fused-ring (bicyclic) bond motifs is 2. The van der Waals surface area contributed by atoms with Crippen LogP contribution in [0.15, 0.2) is 54.6 Å². The Kier molecular flexibility index (Phi) is 25.8. The van der Waals surface area contributed by atoms with Crippen molar-refractivity contribution in [1.82, 2.24) is 46.2 Å². The number of benzene rings is 3. The van der Waals surface area contributed by atoms with Crippen molar-refractivity contribution in [3.05, 3.63) is 60.2 Å². The van der Waals surface area contributed by atoms with E-state index in [1.165, 1.54) is 0 Å². The number of carboxylic acids is 6. The Hall–Kier alpha value is -7.48. The molecule has 11 N–H and O–H groups in total. The minimum atomic E-state index is -1.42. The number of hydrogen-bond acceptors (Lipinski definition) is 14. The van der Waals surface area contributed by atoms with Crippen LogP contribution in [0.2, 0.25) is 0 Å². The molecule has 3 aromatic rings. The summed E-state index contributed by atoms with van der Waals surface area (Å²) in [6.45, 7) is 1.84. The summed E-state index contributed by atoms with van der Waals surface area (Å²) in [4.78, 5) is 131. The molecule has 2 aliphatic rings. The van der Waals surface area contributed by atoms with Gasteiger partial charge in [0.05, 0.1) is 26.2 Å². The second-order valence-corrected chi connectivity index (χ2v) is 20.7. The van der Waals surface area contributed by atoms with Crippen LogP contribution in [0.1, 0.15) is 76.2 Å². The van der Waals surface area contributed by atoms with Crippen molar-refractivity contribution in [3.8, 4) is 0 Å². The molecule has 0 bridgehead atoms. The second-order valence-electron chi connectivity index (χ2n) is 20.7. The summed E-state index contributed by atoms with van der Waals surface area (Å²) in [5, 5.41) is 74.0. The molecule has 5 amide bonds. The van der Waals surface area contributed by atoms with E-state index in [-0.39, 0.29) is 122 Å². The molecule has 5 rings (SSSR count). The van der Waals surface area contributed by atoms with Crippen molar-refractivity contribution in [2.45, 2.75) is 95.2 Å². The number of amides is 5. The number of carbonyl (C=O) groups excluding carboxylic acids is 4. The third-order valence-electron chi connectivity index (χ3n) is 14.7. The third kappa shape index (κ3) is 22.0. The number of nitrogens with zero attached hydrogens (tertiary/aromatic N) is 4. The first kappa shape index (κ1) is 63.4. The average Bonchev–Trinajstić information content (AvgIpc) is 3.53. The maximum absolute atomic E-state index is 14.2. The van der Waals surface area contributed by atoms with Gasteiger partial charge in [-0.25, -0.2) is 14.4 Å². The van der Waals surface area contributed by atoms with Crippen molar-refractivity contribution in [2.24, 2.45) is 11.8 Å². The van der Waals surface area contributed by atoms with Gasteiger partial charge < -0.3 is 57.2 Å². The first-order chi connectivity index (χ1) is 38.2. The lowest BCUT2D eigenvalue weighted by Gasteiger charge is -2.33. The SMILES string of the molecule is O=C(O)CCC[C@H](NC(=O)N[C@@H](CCCCCNC(=O)[C@H](Cc1c2ccccc2cc2ccccc12)NC(=O)[C@H]1CC[C@H](CNC(=O)CN2CCN(CC(=O)O)CCN(CC(=O)O)CCN(CC(=O)O)CC2)CC1)C(=O)O)C(=O)O. The topological polar surface area (TPSA) is 365 Å². The smallest absolute Gasteiger partial charge is 0.326 e. The van der Waals surface area contributed by atoms with Crippen molar-refractivity contribution < 1.29 is 78.6 Å². The predicted octanol–water partition coefficient (Wildman–Crippen LogP) is 1.56.